The van der Waals surface area contributed by atoms with Crippen molar-refractivity contribution in [1.29, 1.82) is 0 Å². The van der Waals surface area contributed by atoms with Crippen molar-refractivity contribution >= 4 is 5.91 Å². The number of rotatable bonds is 7. The van der Waals surface area contributed by atoms with Gasteiger partial charge in [0.15, 0.2) is 0 Å². The van der Waals surface area contributed by atoms with Gasteiger partial charge in [-0.2, -0.15) is 0 Å². The van der Waals surface area contributed by atoms with E-state index in [1.807, 2.05) is 26.0 Å². The van der Waals surface area contributed by atoms with Gasteiger partial charge in [-0.15, -0.1) is 0 Å². The minimum atomic E-state index is -0.615. The van der Waals surface area contributed by atoms with Crippen molar-refractivity contribution in [1.82, 2.24) is 4.90 Å². The van der Waals surface area contributed by atoms with E-state index in [4.69, 9.17) is 10.5 Å². The van der Waals surface area contributed by atoms with Crippen molar-refractivity contribution in [2.45, 2.75) is 26.3 Å². The van der Waals surface area contributed by atoms with Gasteiger partial charge in [-0.25, -0.2) is 0 Å². The first-order valence-corrected chi connectivity index (χ1v) is 8.35. The number of aromatic hydroxyl groups is 1. The number of carbonyl (C=O) groups is 1. The lowest BCUT2D eigenvalue weighted by atomic mass is 10.1. The number of phenolic OH excluding ortho intramolecular Hbond substituents is 1. The van der Waals surface area contributed by atoms with Gasteiger partial charge in [0.2, 0.25) is 5.91 Å². The first-order valence-electron chi connectivity index (χ1n) is 8.35. The number of phenols is 1. The summed E-state index contributed by atoms with van der Waals surface area (Å²) in [5, 5.41) is 9.29. The quantitative estimate of drug-likeness (QED) is 0.810. The summed E-state index contributed by atoms with van der Waals surface area (Å²) in [6.07, 6.45) is 0.432. The van der Waals surface area contributed by atoms with Gasteiger partial charge in [-0.3, -0.25) is 4.79 Å². The lowest BCUT2D eigenvalue weighted by molar-refractivity contribution is -0.131. The molecule has 134 valence electrons. The minimum Gasteiger partial charge on any atom is -0.508 e. The third-order valence-corrected chi connectivity index (χ3v) is 4.10. The van der Waals surface area contributed by atoms with Gasteiger partial charge in [0.25, 0.3) is 0 Å². The van der Waals surface area contributed by atoms with Gasteiger partial charge < -0.3 is 20.5 Å². The summed E-state index contributed by atoms with van der Waals surface area (Å²) in [6, 6.07) is 12.1. The molecule has 0 saturated heterocycles. The Morgan fingerprint density at radius 1 is 1.20 bits per heavy atom. The van der Waals surface area contributed by atoms with Gasteiger partial charge in [0.1, 0.15) is 18.1 Å². The standard InChI is InChI=1S/C20H26N2O3/c1-14-4-9-19(15(2)12-14)25-11-10-22(3)20(24)18(21)13-16-5-7-17(23)8-6-16/h4-9,12,18,23H,10-11,13,21H2,1-3H3/t18-/m0/s1. The van der Waals surface area contributed by atoms with Crippen LogP contribution in [0.4, 0.5) is 0 Å². The number of amides is 1. The first-order chi connectivity index (χ1) is 11.9. The molecule has 5 nitrogen and oxygen atoms in total. The maximum Gasteiger partial charge on any atom is 0.239 e. The van der Waals surface area contributed by atoms with Crippen molar-refractivity contribution in [3.63, 3.8) is 0 Å². The number of aryl methyl sites for hydroxylation is 2. The van der Waals surface area contributed by atoms with Crippen LogP contribution >= 0.6 is 0 Å². The van der Waals surface area contributed by atoms with E-state index < -0.39 is 6.04 Å². The number of benzene rings is 2. The van der Waals surface area contributed by atoms with Crippen LogP contribution in [0.3, 0.4) is 0 Å². The highest BCUT2D eigenvalue weighted by Crippen LogP contribution is 2.18. The molecule has 2 aromatic carbocycles. The Bertz CT molecular complexity index is 713. The summed E-state index contributed by atoms with van der Waals surface area (Å²) >= 11 is 0. The molecule has 0 aliphatic heterocycles. The Morgan fingerprint density at radius 3 is 2.52 bits per heavy atom. The van der Waals surface area contributed by atoms with E-state index in [-0.39, 0.29) is 11.7 Å². The van der Waals surface area contributed by atoms with Gasteiger partial charge >= 0.3 is 0 Å². The lowest BCUT2D eigenvalue weighted by Crippen LogP contribution is -2.44. The van der Waals surface area contributed by atoms with Gasteiger partial charge in [-0.1, -0.05) is 29.8 Å². The van der Waals surface area contributed by atoms with Crippen molar-refractivity contribution < 1.29 is 14.6 Å². The number of hydrogen-bond acceptors (Lipinski definition) is 4. The van der Waals surface area contributed by atoms with E-state index in [1.165, 1.54) is 5.56 Å². The van der Waals surface area contributed by atoms with E-state index in [0.717, 1.165) is 16.9 Å². The van der Waals surface area contributed by atoms with Gasteiger partial charge in [0.05, 0.1) is 12.6 Å². The van der Waals surface area contributed by atoms with Crippen LogP contribution < -0.4 is 10.5 Å². The minimum absolute atomic E-state index is 0.127. The van der Waals surface area contributed by atoms with Crippen LogP contribution in [-0.2, 0) is 11.2 Å². The molecule has 0 aliphatic carbocycles. The van der Waals surface area contributed by atoms with Crippen LogP contribution in [0.2, 0.25) is 0 Å². The van der Waals surface area contributed by atoms with E-state index >= 15 is 0 Å². The number of ether oxygens (including phenoxy) is 1. The maximum absolute atomic E-state index is 12.4. The second kappa shape index (κ2) is 8.53. The predicted octanol–water partition coefficient (Wildman–Crippen LogP) is 2.42. The average molecular weight is 342 g/mol. The molecule has 0 bridgehead atoms. The summed E-state index contributed by atoms with van der Waals surface area (Å²) in [4.78, 5) is 14.0. The fourth-order valence-electron chi connectivity index (χ4n) is 2.62. The Labute approximate surface area is 149 Å². The third-order valence-electron chi connectivity index (χ3n) is 4.10. The summed E-state index contributed by atoms with van der Waals surface area (Å²) < 4.78 is 5.76. The number of likely N-dealkylation sites (N-methyl/N-ethyl adjacent to an activating group) is 1. The van der Waals surface area contributed by atoms with E-state index in [1.54, 1.807) is 36.2 Å². The smallest absolute Gasteiger partial charge is 0.239 e. The summed E-state index contributed by atoms with van der Waals surface area (Å²) in [5.41, 5.74) is 9.21. The zero-order valence-electron chi connectivity index (χ0n) is 15.0. The molecule has 0 unspecified atom stereocenters. The molecule has 0 aromatic heterocycles. The predicted molar refractivity (Wildman–Crippen MR) is 98.8 cm³/mol. The highest BCUT2D eigenvalue weighted by molar-refractivity contribution is 5.81. The fourth-order valence-corrected chi connectivity index (χ4v) is 2.62. The Morgan fingerprint density at radius 2 is 1.88 bits per heavy atom. The largest absolute Gasteiger partial charge is 0.508 e. The number of nitrogens with two attached hydrogens (primary N) is 1. The Hall–Kier alpha value is -2.53. The first kappa shape index (κ1) is 18.8. The van der Waals surface area contributed by atoms with Crippen molar-refractivity contribution in [3.05, 3.63) is 59.2 Å². The van der Waals surface area contributed by atoms with E-state index in [9.17, 15) is 9.90 Å². The topological polar surface area (TPSA) is 75.8 Å². The molecule has 5 heteroatoms. The highest BCUT2D eigenvalue weighted by Gasteiger charge is 2.18. The molecular formula is C20H26N2O3. The lowest BCUT2D eigenvalue weighted by Gasteiger charge is -2.22. The van der Waals surface area contributed by atoms with Crippen LogP contribution in [0, 0.1) is 13.8 Å². The molecule has 2 rings (SSSR count). The van der Waals surface area contributed by atoms with Gasteiger partial charge in [-0.05, 0) is 49.6 Å². The monoisotopic (exact) mass is 342 g/mol. The molecule has 1 atom stereocenters. The number of nitrogens with zero attached hydrogens (tertiary/aromatic N) is 1. The molecule has 2 aromatic rings. The second-order valence-electron chi connectivity index (χ2n) is 6.35. The third kappa shape index (κ3) is 5.50. The molecule has 3 N–H and O–H groups in total. The Kier molecular flexibility index (Phi) is 6.42. The van der Waals surface area contributed by atoms with E-state index in [0.29, 0.717) is 19.6 Å². The van der Waals surface area contributed by atoms with Crippen LogP contribution in [-0.4, -0.2) is 42.2 Å². The maximum atomic E-state index is 12.4. The molecule has 1 amide bonds. The average Bonchev–Trinajstić information content (AvgIpc) is 2.58. The number of hydrogen-bond donors (Lipinski definition) is 2. The fraction of sp³-hybridized carbons (Fsp3) is 0.350. The molecule has 0 saturated carbocycles. The molecule has 0 spiro atoms. The van der Waals surface area contributed by atoms with Crippen LogP contribution in [0.5, 0.6) is 11.5 Å². The van der Waals surface area contributed by atoms with Crippen molar-refractivity contribution in [2.24, 2.45) is 5.73 Å². The van der Waals surface area contributed by atoms with Crippen LogP contribution in [0.25, 0.3) is 0 Å². The van der Waals surface area contributed by atoms with Crippen LogP contribution in [0.15, 0.2) is 42.5 Å². The van der Waals surface area contributed by atoms with Crippen LogP contribution in [0.1, 0.15) is 16.7 Å². The van der Waals surface area contributed by atoms with Gasteiger partial charge in [0, 0.05) is 7.05 Å². The molecule has 0 radical (unpaired) electrons. The highest BCUT2D eigenvalue weighted by atomic mass is 16.5. The normalized spacial score (nSPS) is 11.8. The zero-order chi connectivity index (χ0) is 18.4. The molecule has 0 aliphatic rings. The summed E-state index contributed by atoms with van der Waals surface area (Å²) in [7, 11) is 1.73. The zero-order valence-corrected chi connectivity index (χ0v) is 15.0. The SMILES string of the molecule is Cc1ccc(OCCN(C)C(=O)[C@@H](N)Cc2ccc(O)cc2)c(C)c1. The second-order valence-corrected chi connectivity index (χ2v) is 6.35. The summed E-state index contributed by atoms with van der Waals surface area (Å²) in [5.74, 6) is 0.904. The molecule has 25 heavy (non-hydrogen) atoms. The Balaban J connectivity index is 1.81. The molecule has 0 fully saturated rings. The molecule has 0 heterocycles. The number of carbonyl (C=O) groups excluding carboxylic acids is 1. The molecular weight excluding hydrogens is 316 g/mol. The van der Waals surface area contributed by atoms with Crippen molar-refractivity contribution in [2.75, 3.05) is 20.2 Å². The van der Waals surface area contributed by atoms with Crippen molar-refractivity contribution in [3.8, 4) is 11.5 Å². The van der Waals surface area contributed by atoms with E-state index in [2.05, 4.69) is 6.07 Å². The summed E-state index contributed by atoms with van der Waals surface area (Å²) in [6.45, 7) is 4.93.